The smallest absolute Gasteiger partial charge is 0.395 e. The number of nitro groups is 1. The molecule has 0 aliphatic heterocycles. The summed E-state index contributed by atoms with van der Waals surface area (Å²) in [6.07, 6.45) is 1.55. The van der Waals surface area contributed by atoms with Gasteiger partial charge in [0.05, 0.1) is 18.3 Å². The Balaban J connectivity index is 1.97. The Hall–Kier alpha value is -2.64. The first-order chi connectivity index (χ1) is 8.16. The largest absolute Gasteiger partial charge is 0.433 e. The van der Waals surface area contributed by atoms with Crippen molar-refractivity contribution in [1.29, 1.82) is 0 Å². The zero-order valence-electron chi connectivity index (χ0n) is 8.54. The van der Waals surface area contributed by atoms with E-state index in [-0.39, 0.29) is 12.3 Å². The highest BCUT2D eigenvalue weighted by Gasteiger charge is 2.16. The Morgan fingerprint density at radius 2 is 2.35 bits per heavy atom. The predicted molar refractivity (Wildman–Crippen MR) is 55.1 cm³/mol. The maximum absolute atomic E-state index is 11.5. The van der Waals surface area contributed by atoms with Crippen molar-refractivity contribution in [3.8, 4) is 0 Å². The molecule has 0 aliphatic rings. The van der Waals surface area contributed by atoms with E-state index in [0.717, 1.165) is 11.8 Å². The van der Waals surface area contributed by atoms with Crippen LogP contribution in [-0.2, 0) is 6.54 Å². The molecular weight excluding hydrogens is 228 g/mol. The number of hydrogen-bond donors (Lipinski definition) is 2. The quantitative estimate of drug-likeness (QED) is 0.603. The van der Waals surface area contributed by atoms with Gasteiger partial charge in [-0.05, 0) is 12.1 Å². The molecule has 1 amide bonds. The number of nitrogens with zero attached hydrogens (tertiary/aromatic N) is 2. The summed E-state index contributed by atoms with van der Waals surface area (Å²) in [4.78, 5) is 21.2. The Labute approximate surface area is 94.8 Å². The summed E-state index contributed by atoms with van der Waals surface area (Å²) >= 11 is 0. The third-order valence-electron chi connectivity index (χ3n) is 1.99. The van der Waals surface area contributed by atoms with Gasteiger partial charge < -0.3 is 9.73 Å². The fraction of sp³-hybridized carbons (Fsp3) is 0.111. The lowest BCUT2D eigenvalue weighted by atomic mass is 10.4. The molecule has 2 rings (SSSR count). The van der Waals surface area contributed by atoms with Crippen LogP contribution in [0.3, 0.4) is 0 Å². The van der Waals surface area contributed by atoms with E-state index in [1.807, 2.05) is 0 Å². The molecule has 0 aromatic carbocycles. The molecule has 0 saturated carbocycles. The second-order valence-corrected chi connectivity index (χ2v) is 3.16. The molecule has 2 N–H and O–H groups in total. The Morgan fingerprint density at radius 3 is 2.94 bits per heavy atom. The highest BCUT2D eigenvalue weighted by atomic mass is 16.6. The number of aromatic nitrogens is 2. The maximum atomic E-state index is 11.5. The van der Waals surface area contributed by atoms with Crippen LogP contribution in [0.25, 0.3) is 0 Å². The minimum Gasteiger partial charge on any atom is -0.395 e. The lowest BCUT2D eigenvalue weighted by molar-refractivity contribution is -0.402. The third-order valence-corrected chi connectivity index (χ3v) is 1.99. The summed E-state index contributed by atoms with van der Waals surface area (Å²) in [5, 5.41) is 19.3. The summed E-state index contributed by atoms with van der Waals surface area (Å²) in [5.41, 5.74) is 0.722. The van der Waals surface area contributed by atoms with Gasteiger partial charge in [-0.2, -0.15) is 5.10 Å². The van der Waals surface area contributed by atoms with Crippen LogP contribution in [0.2, 0.25) is 0 Å². The van der Waals surface area contributed by atoms with Gasteiger partial charge in [0, 0.05) is 6.20 Å². The standard InChI is InChI=1S/C9H8N4O4/c14-9(10-5-6-3-4-11-12-6)7-1-2-8(17-7)13(15)16/h1-4H,5H2,(H,10,14)(H,11,12). The van der Waals surface area contributed by atoms with Crippen molar-refractivity contribution in [1.82, 2.24) is 15.5 Å². The molecule has 88 valence electrons. The van der Waals surface area contributed by atoms with Crippen molar-refractivity contribution in [2.45, 2.75) is 6.54 Å². The Morgan fingerprint density at radius 1 is 1.53 bits per heavy atom. The first-order valence-electron chi connectivity index (χ1n) is 4.67. The van der Waals surface area contributed by atoms with E-state index in [1.54, 1.807) is 12.3 Å². The summed E-state index contributed by atoms with van der Waals surface area (Å²) in [5.74, 6) is -1.08. The normalized spacial score (nSPS) is 10.1. The monoisotopic (exact) mass is 236 g/mol. The van der Waals surface area contributed by atoms with Gasteiger partial charge in [0.15, 0.2) is 5.76 Å². The highest BCUT2D eigenvalue weighted by Crippen LogP contribution is 2.15. The molecule has 2 aromatic rings. The average Bonchev–Trinajstić information content (AvgIpc) is 2.96. The number of furan rings is 1. The molecule has 0 atom stereocenters. The second kappa shape index (κ2) is 4.47. The van der Waals surface area contributed by atoms with Crippen molar-refractivity contribution in [3.63, 3.8) is 0 Å². The van der Waals surface area contributed by atoms with Crippen LogP contribution in [-0.4, -0.2) is 21.0 Å². The Bertz CT molecular complexity index is 531. The lowest BCUT2D eigenvalue weighted by Gasteiger charge is -1.99. The van der Waals surface area contributed by atoms with Gasteiger partial charge in [0.1, 0.15) is 4.92 Å². The molecule has 0 aliphatic carbocycles. The molecule has 17 heavy (non-hydrogen) atoms. The van der Waals surface area contributed by atoms with Crippen LogP contribution >= 0.6 is 0 Å². The molecular formula is C9H8N4O4. The number of amides is 1. The molecule has 2 heterocycles. The molecule has 0 spiro atoms. The summed E-state index contributed by atoms with van der Waals surface area (Å²) in [6, 6.07) is 4.08. The molecule has 0 radical (unpaired) electrons. The van der Waals surface area contributed by atoms with E-state index in [0.29, 0.717) is 0 Å². The summed E-state index contributed by atoms with van der Waals surface area (Å²) in [7, 11) is 0. The first kappa shape index (κ1) is 10.9. The number of nitrogens with one attached hydrogen (secondary N) is 2. The van der Waals surface area contributed by atoms with Crippen molar-refractivity contribution < 1.29 is 14.1 Å². The van der Waals surface area contributed by atoms with Gasteiger partial charge in [-0.1, -0.05) is 0 Å². The number of H-pyrrole nitrogens is 1. The molecule has 8 heteroatoms. The van der Waals surface area contributed by atoms with Crippen LogP contribution in [0, 0.1) is 10.1 Å². The highest BCUT2D eigenvalue weighted by molar-refractivity contribution is 5.91. The SMILES string of the molecule is O=C(NCc1ccn[nH]1)c1ccc([N+](=O)[O-])o1. The van der Waals surface area contributed by atoms with Gasteiger partial charge in [-0.3, -0.25) is 20.0 Å². The topological polar surface area (TPSA) is 114 Å². The van der Waals surface area contributed by atoms with Crippen molar-refractivity contribution >= 4 is 11.8 Å². The Kier molecular flexibility index (Phi) is 2.86. The molecule has 0 saturated heterocycles. The van der Waals surface area contributed by atoms with E-state index < -0.39 is 16.7 Å². The van der Waals surface area contributed by atoms with Crippen LogP contribution in [0.5, 0.6) is 0 Å². The fourth-order valence-electron chi connectivity index (χ4n) is 1.19. The van der Waals surface area contributed by atoms with Gasteiger partial charge in [-0.15, -0.1) is 0 Å². The van der Waals surface area contributed by atoms with E-state index in [2.05, 4.69) is 15.5 Å². The lowest BCUT2D eigenvalue weighted by Crippen LogP contribution is -2.22. The van der Waals surface area contributed by atoms with Crippen LogP contribution in [0.1, 0.15) is 16.2 Å². The predicted octanol–water partition coefficient (Wildman–Crippen LogP) is 0.841. The zero-order chi connectivity index (χ0) is 12.3. The molecule has 2 aromatic heterocycles. The number of carbonyl (C=O) groups excluding carboxylic acids is 1. The van der Waals surface area contributed by atoms with Crippen molar-refractivity contribution in [3.05, 3.63) is 46.0 Å². The van der Waals surface area contributed by atoms with Gasteiger partial charge >= 0.3 is 5.88 Å². The molecule has 0 fully saturated rings. The van der Waals surface area contributed by atoms with Gasteiger partial charge in [0.25, 0.3) is 5.91 Å². The number of hydrogen-bond acceptors (Lipinski definition) is 5. The van der Waals surface area contributed by atoms with Crippen molar-refractivity contribution in [2.75, 3.05) is 0 Å². The number of carbonyl (C=O) groups is 1. The average molecular weight is 236 g/mol. The fourth-order valence-corrected chi connectivity index (χ4v) is 1.19. The number of rotatable bonds is 4. The number of aromatic amines is 1. The zero-order valence-corrected chi connectivity index (χ0v) is 8.54. The third kappa shape index (κ3) is 2.48. The van der Waals surface area contributed by atoms with E-state index in [1.165, 1.54) is 6.07 Å². The minimum absolute atomic E-state index is 0.101. The first-order valence-corrected chi connectivity index (χ1v) is 4.67. The van der Waals surface area contributed by atoms with Crippen LogP contribution < -0.4 is 5.32 Å². The summed E-state index contributed by atoms with van der Waals surface area (Å²) in [6.45, 7) is 0.243. The molecule has 0 unspecified atom stereocenters. The van der Waals surface area contributed by atoms with E-state index in [4.69, 9.17) is 4.42 Å². The van der Waals surface area contributed by atoms with E-state index in [9.17, 15) is 14.9 Å². The minimum atomic E-state index is -0.703. The van der Waals surface area contributed by atoms with Crippen LogP contribution in [0.4, 0.5) is 5.88 Å². The van der Waals surface area contributed by atoms with Gasteiger partial charge in [0.2, 0.25) is 0 Å². The van der Waals surface area contributed by atoms with Crippen LogP contribution in [0.15, 0.2) is 28.8 Å². The van der Waals surface area contributed by atoms with Gasteiger partial charge in [-0.25, -0.2) is 0 Å². The van der Waals surface area contributed by atoms with E-state index >= 15 is 0 Å². The second-order valence-electron chi connectivity index (χ2n) is 3.16. The molecule has 0 bridgehead atoms. The maximum Gasteiger partial charge on any atom is 0.433 e. The molecule has 8 nitrogen and oxygen atoms in total. The van der Waals surface area contributed by atoms with Crippen molar-refractivity contribution in [2.24, 2.45) is 0 Å². The summed E-state index contributed by atoms with van der Waals surface area (Å²) < 4.78 is 4.74.